The molecule has 6 heteroatoms. The molecule has 0 saturated carbocycles. The number of rotatable bonds is 4. The van der Waals surface area contributed by atoms with Crippen molar-refractivity contribution in [1.29, 1.82) is 0 Å². The Balaban J connectivity index is 1.66. The topological polar surface area (TPSA) is 61.7 Å². The van der Waals surface area contributed by atoms with Crippen LogP contribution in [0.25, 0.3) is 22.4 Å². The summed E-state index contributed by atoms with van der Waals surface area (Å²) in [5.74, 6) is 1.70. The highest BCUT2D eigenvalue weighted by Crippen LogP contribution is 2.22. The van der Waals surface area contributed by atoms with Crippen LogP contribution in [0.3, 0.4) is 0 Å². The monoisotopic (exact) mass is 321 g/mol. The summed E-state index contributed by atoms with van der Waals surface area (Å²) in [4.78, 5) is 0. The van der Waals surface area contributed by atoms with Crippen molar-refractivity contribution < 1.29 is 4.42 Å². The number of nitrogens with zero attached hydrogens (tertiary/aromatic N) is 5. The Bertz CT molecular complexity index is 1010. The minimum atomic E-state index is 0.579. The lowest BCUT2D eigenvalue weighted by Gasteiger charge is -1.98. The molecule has 4 rings (SSSR count). The van der Waals surface area contributed by atoms with Crippen molar-refractivity contribution in [3.63, 3.8) is 0 Å². The molecule has 0 fully saturated rings. The van der Waals surface area contributed by atoms with Gasteiger partial charge in [-0.25, -0.2) is 4.68 Å². The van der Waals surface area contributed by atoms with E-state index in [2.05, 4.69) is 47.5 Å². The van der Waals surface area contributed by atoms with Gasteiger partial charge in [-0.2, -0.15) is 5.10 Å². The van der Waals surface area contributed by atoms with Crippen molar-refractivity contribution >= 4 is 10.9 Å². The highest BCUT2D eigenvalue weighted by atomic mass is 16.3. The molecule has 122 valence electrons. The highest BCUT2D eigenvalue weighted by molar-refractivity contribution is 5.82. The molecular weight excluding hydrogens is 302 g/mol. The third kappa shape index (κ3) is 2.50. The second kappa shape index (κ2) is 5.63. The summed E-state index contributed by atoms with van der Waals surface area (Å²) in [7, 11) is 1.96. The number of furan rings is 1. The minimum absolute atomic E-state index is 0.579. The number of fused-ring (bicyclic) bond motifs is 1. The second-order valence-electron chi connectivity index (χ2n) is 6.01. The predicted octanol–water partition coefficient (Wildman–Crippen LogP) is 3.34. The molecule has 3 aromatic heterocycles. The summed E-state index contributed by atoms with van der Waals surface area (Å²) in [6.45, 7) is 4.73. The molecule has 6 nitrogen and oxygen atoms in total. The van der Waals surface area contributed by atoms with E-state index >= 15 is 0 Å². The van der Waals surface area contributed by atoms with Crippen LogP contribution < -0.4 is 0 Å². The molecule has 0 amide bonds. The number of hydrogen-bond acceptors (Lipinski definition) is 4. The Morgan fingerprint density at radius 3 is 2.83 bits per heavy atom. The van der Waals surface area contributed by atoms with Gasteiger partial charge in [0.05, 0.1) is 24.0 Å². The summed E-state index contributed by atoms with van der Waals surface area (Å²) in [6, 6.07) is 10.3. The van der Waals surface area contributed by atoms with Crippen molar-refractivity contribution in [2.45, 2.75) is 26.8 Å². The van der Waals surface area contributed by atoms with Gasteiger partial charge < -0.3 is 4.42 Å². The lowest BCUT2D eigenvalue weighted by atomic mass is 10.1. The molecule has 24 heavy (non-hydrogen) atoms. The maximum Gasteiger partial charge on any atom is 0.156 e. The number of benzene rings is 1. The quantitative estimate of drug-likeness (QED) is 0.578. The summed E-state index contributed by atoms with van der Waals surface area (Å²) >= 11 is 0. The smallest absolute Gasteiger partial charge is 0.156 e. The van der Waals surface area contributed by atoms with Crippen LogP contribution in [-0.2, 0) is 20.0 Å². The maximum atomic E-state index is 5.74. The Kier molecular flexibility index (Phi) is 3.45. The van der Waals surface area contributed by atoms with Crippen LogP contribution in [0.15, 0.2) is 40.9 Å². The Hall–Kier alpha value is -2.89. The fourth-order valence-electron chi connectivity index (χ4n) is 2.92. The number of aromatic nitrogens is 5. The highest BCUT2D eigenvalue weighted by Gasteiger charge is 2.12. The van der Waals surface area contributed by atoms with E-state index in [4.69, 9.17) is 4.42 Å². The molecular formula is C18H19N5O. The Labute approximate surface area is 139 Å². The van der Waals surface area contributed by atoms with Crippen molar-refractivity contribution in [3.05, 3.63) is 53.5 Å². The van der Waals surface area contributed by atoms with Crippen molar-refractivity contribution in [2.75, 3.05) is 0 Å². The van der Waals surface area contributed by atoms with Gasteiger partial charge in [0.25, 0.3) is 0 Å². The molecule has 3 heterocycles. The van der Waals surface area contributed by atoms with Gasteiger partial charge in [0.1, 0.15) is 11.5 Å². The molecule has 0 N–H and O–H groups in total. The summed E-state index contributed by atoms with van der Waals surface area (Å²) in [5, 5.41) is 14.2. The van der Waals surface area contributed by atoms with Crippen LogP contribution in [0.2, 0.25) is 0 Å². The second-order valence-corrected chi connectivity index (χ2v) is 6.01. The molecule has 0 saturated heterocycles. The van der Waals surface area contributed by atoms with Gasteiger partial charge in [-0.15, -0.1) is 5.10 Å². The predicted molar refractivity (Wildman–Crippen MR) is 91.7 cm³/mol. The fraction of sp³-hybridized carbons (Fsp3) is 0.278. The lowest BCUT2D eigenvalue weighted by Crippen LogP contribution is -2.02. The average molecular weight is 321 g/mol. The Morgan fingerprint density at radius 2 is 2.04 bits per heavy atom. The van der Waals surface area contributed by atoms with E-state index in [1.165, 1.54) is 5.56 Å². The van der Waals surface area contributed by atoms with Crippen LogP contribution in [-0.4, -0.2) is 24.8 Å². The molecule has 0 unspecified atom stereocenters. The van der Waals surface area contributed by atoms with Crippen LogP contribution >= 0.6 is 0 Å². The first-order valence-electron chi connectivity index (χ1n) is 8.05. The molecule has 0 aliphatic rings. The van der Waals surface area contributed by atoms with Crippen molar-refractivity contribution in [1.82, 2.24) is 24.8 Å². The zero-order valence-electron chi connectivity index (χ0n) is 14.0. The molecule has 0 atom stereocenters. The normalized spacial score (nSPS) is 11.5. The number of hydrogen-bond donors (Lipinski definition) is 0. The van der Waals surface area contributed by atoms with Crippen LogP contribution in [0.1, 0.15) is 23.9 Å². The first-order valence-corrected chi connectivity index (χ1v) is 8.05. The van der Waals surface area contributed by atoms with E-state index in [-0.39, 0.29) is 0 Å². The van der Waals surface area contributed by atoms with Crippen LogP contribution in [0, 0.1) is 6.92 Å². The summed E-state index contributed by atoms with van der Waals surface area (Å²) in [5.41, 5.74) is 4.07. The van der Waals surface area contributed by atoms with Gasteiger partial charge in [-0.1, -0.05) is 23.8 Å². The van der Waals surface area contributed by atoms with Gasteiger partial charge in [-0.3, -0.25) is 4.68 Å². The average Bonchev–Trinajstić information content (AvgIpc) is 3.28. The van der Waals surface area contributed by atoms with Crippen molar-refractivity contribution in [3.8, 4) is 11.5 Å². The maximum absolute atomic E-state index is 5.74. The molecule has 1 aromatic carbocycles. The Morgan fingerprint density at radius 1 is 1.17 bits per heavy atom. The minimum Gasteiger partial charge on any atom is -0.459 e. The lowest BCUT2D eigenvalue weighted by molar-refractivity contribution is 0.527. The van der Waals surface area contributed by atoms with Crippen LogP contribution in [0.5, 0.6) is 0 Å². The SMILES string of the molecule is CCc1ccc(-c2cn(Cc3nn(C)c4ccc(C)cc34)nn2)o1. The molecule has 0 aliphatic heterocycles. The summed E-state index contributed by atoms with van der Waals surface area (Å²) in [6.07, 6.45) is 2.77. The largest absolute Gasteiger partial charge is 0.459 e. The van der Waals surface area contributed by atoms with E-state index in [1.807, 2.05) is 30.1 Å². The van der Waals surface area contributed by atoms with E-state index in [1.54, 1.807) is 4.68 Å². The van der Waals surface area contributed by atoms with E-state index < -0.39 is 0 Å². The first kappa shape index (κ1) is 14.7. The molecule has 0 aliphatic carbocycles. The van der Waals surface area contributed by atoms with E-state index in [0.29, 0.717) is 6.54 Å². The molecule has 0 spiro atoms. The van der Waals surface area contributed by atoms with Gasteiger partial charge in [0.15, 0.2) is 5.76 Å². The number of aryl methyl sites for hydroxylation is 3. The zero-order valence-corrected chi connectivity index (χ0v) is 14.0. The van der Waals surface area contributed by atoms with Gasteiger partial charge in [0.2, 0.25) is 0 Å². The summed E-state index contributed by atoms with van der Waals surface area (Å²) < 4.78 is 9.44. The van der Waals surface area contributed by atoms with Gasteiger partial charge >= 0.3 is 0 Å². The van der Waals surface area contributed by atoms with Gasteiger partial charge in [0, 0.05) is 18.9 Å². The third-order valence-electron chi connectivity index (χ3n) is 4.20. The van der Waals surface area contributed by atoms with Crippen molar-refractivity contribution in [2.24, 2.45) is 7.05 Å². The van der Waals surface area contributed by atoms with Crippen LogP contribution in [0.4, 0.5) is 0 Å². The third-order valence-corrected chi connectivity index (χ3v) is 4.20. The molecule has 0 bridgehead atoms. The fourth-order valence-corrected chi connectivity index (χ4v) is 2.92. The zero-order chi connectivity index (χ0) is 16.7. The van der Waals surface area contributed by atoms with Gasteiger partial charge in [-0.05, 0) is 31.2 Å². The standard InChI is InChI=1S/C18H19N5O/c1-4-13-6-8-18(24-13)16-11-23(21-19-16)10-15-14-9-12(2)5-7-17(14)22(3)20-15/h5-9,11H,4,10H2,1-3H3. The van der Waals surface area contributed by atoms with E-state index in [9.17, 15) is 0 Å². The molecule has 4 aromatic rings. The van der Waals surface area contributed by atoms with E-state index in [0.717, 1.165) is 40.2 Å². The molecule has 0 radical (unpaired) electrons. The first-order chi connectivity index (χ1) is 11.6.